The number of piperidine rings is 1. The van der Waals surface area contributed by atoms with Gasteiger partial charge in [0.25, 0.3) is 0 Å². The summed E-state index contributed by atoms with van der Waals surface area (Å²) in [6, 6.07) is 0.846. The van der Waals surface area contributed by atoms with Gasteiger partial charge in [0.15, 0.2) is 17.5 Å². The zero-order valence-electron chi connectivity index (χ0n) is 13.0. The first-order valence-corrected chi connectivity index (χ1v) is 9.06. The van der Waals surface area contributed by atoms with E-state index in [4.69, 9.17) is 0 Å². The van der Waals surface area contributed by atoms with Crippen LogP contribution >= 0.6 is 0 Å². The van der Waals surface area contributed by atoms with Gasteiger partial charge in [0.05, 0.1) is 0 Å². The molecule has 2 atom stereocenters. The van der Waals surface area contributed by atoms with E-state index in [9.17, 15) is 26.4 Å². The highest BCUT2D eigenvalue weighted by Crippen LogP contribution is 2.33. The Balaban J connectivity index is 1.99. The molecule has 4 rings (SSSR count). The monoisotopic (exact) mass is 362 g/mol. The molecule has 5 nitrogen and oxygen atoms in total. The first-order valence-electron chi connectivity index (χ1n) is 7.62. The predicted octanol–water partition coefficient (Wildman–Crippen LogP) is 1.74. The van der Waals surface area contributed by atoms with Crippen LogP contribution in [0.3, 0.4) is 0 Å². The van der Waals surface area contributed by atoms with Crippen molar-refractivity contribution in [1.29, 1.82) is 0 Å². The maximum atomic E-state index is 14.0. The summed E-state index contributed by atoms with van der Waals surface area (Å²) in [5, 5.41) is 0. The molecule has 3 fully saturated rings. The van der Waals surface area contributed by atoms with Crippen molar-refractivity contribution in [3.8, 4) is 0 Å². The number of amides is 1. The van der Waals surface area contributed by atoms with Gasteiger partial charge in [-0.25, -0.2) is 21.6 Å². The van der Waals surface area contributed by atoms with Gasteiger partial charge in [-0.3, -0.25) is 4.79 Å². The average Bonchev–Trinajstić information content (AvgIpc) is 2.84. The Hall–Kier alpha value is -1.61. The molecule has 1 aromatic carbocycles. The minimum absolute atomic E-state index is 0.0595. The number of carbonyl (C=O) groups is 1. The lowest BCUT2D eigenvalue weighted by atomic mass is 9.97. The maximum absolute atomic E-state index is 14.0. The molecule has 0 saturated carbocycles. The van der Waals surface area contributed by atoms with Gasteiger partial charge in [-0.15, -0.1) is 0 Å². The van der Waals surface area contributed by atoms with Gasteiger partial charge in [0, 0.05) is 32.6 Å². The van der Waals surface area contributed by atoms with Gasteiger partial charge >= 0.3 is 0 Å². The Bertz CT molecular complexity index is 784. The fourth-order valence-corrected chi connectivity index (χ4v) is 5.20. The lowest BCUT2D eigenvalue weighted by Gasteiger charge is -2.34. The molecule has 24 heavy (non-hydrogen) atoms. The molecule has 2 bridgehead atoms. The molecule has 3 aliphatic heterocycles. The molecular formula is C15H17F3N2O3S. The van der Waals surface area contributed by atoms with Crippen molar-refractivity contribution >= 4 is 15.9 Å². The van der Waals surface area contributed by atoms with E-state index in [-0.39, 0.29) is 24.9 Å². The van der Waals surface area contributed by atoms with Crippen LogP contribution in [0.5, 0.6) is 0 Å². The van der Waals surface area contributed by atoms with Crippen molar-refractivity contribution in [3.63, 3.8) is 0 Å². The van der Waals surface area contributed by atoms with E-state index in [0.717, 1.165) is 16.8 Å². The van der Waals surface area contributed by atoms with E-state index in [1.54, 1.807) is 4.90 Å². The fraction of sp³-hybridized carbons (Fsp3) is 0.533. The van der Waals surface area contributed by atoms with E-state index >= 15 is 0 Å². The zero-order chi connectivity index (χ0) is 17.6. The van der Waals surface area contributed by atoms with Gasteiger partial charge in [-0.05, 0) is 30.9 Å². The highest BCUT2D eigenvalue weighted by atomic mass is 32.2. The molecule has 0 spiro atoms. The molecule has 0 aromatic heterocycles. The van der Waals surface area contributed by atoms with Gasteiger partial charge in [0.2, 0.25) is 15.9 Å². The number of halogens is 3. The molecular weight excluding hydrogens is 345 g/mol. The summed E-state index contributed by atoms with van der Waals surface area (Å²) >= 11 is 0. The van der Waals surface area contributed by atoms with E-state index in [1.807, 2.05) is 0 Å². The Morgan fingerprint density at radius 1 is 1.08 bits per heavy atom. The Morgan fingerprint density at radius 2 is 1.79 bits per heavy atom. The smallest absolute Gasteiger partial charge is 0.246 e. The quantitative estimate of drug-likeness (QED) is 0.753. The molecule has 3 saturated heterocycles. The summed E-state index contributed by atoms with van der Waals surface area (Å²) in [5.74, 6) is -5.16. The number of hydrogen-bond donors (Lipinski definition) is 0. The van der Waals surface area contributed by atoms with Crippen LogP contribution in [0.2, 0.25) is 0 Å². The van der Waals surface area contributed by atoms with Gasteiger partial charge in [-0.1, -0.05) is 0 Å². The normalized spacial score (nSPS) is 24.9. The van der Waals surface area contributed by atoms with Crippen molar-refractivity contribution in [2.75, 3.05) is 19.6 Å². The third-order valence-corrected chi connectivity index (χ3v) is 6.63. The van der Waals surface area contributed by atoms with Crippen LogP contribution in [-0.2, 0) is 14.8 Å². The van der Waals surface area contributed by atoms with Crippen molar-refractivity contribution in [3.05, 3.63) is 29.6 Å². The second-order valence-electron chi connectivity index (χ2n) is 6.27. The van der Waals surface area contributed by atoms with Crippen molar-refractivity contribution in [2.24, 2.45) is 5.92 Å². The molecule has 1 aromatic rings. The summed E-state index contributed by atoms with van der Waals surface area (Å²) in [6.07, 6.45) is 1.31. The Kier molecular flexibility index (Phi) is 4.33. The fourth-order valence-electron chi connectivity index (χ4n) is 3.42. The molecule has 9 heteroatoms. The highest BCUT2D eigenvalue weighted by Gasteiger charge is 2.43. The Morgan fingerprint density at radius 3 is 2.46 bits per heavy atom. The number of benzene rings is 1. The van der Waals surface area contributed by atoms with E-state index in [0.29, 0.717) is 19.0 Å². The van der Waals surface area contributed by atoms with Crippen molar-refractivity contribution < 1.29 is 26.4 Å². The van der Waals surface area contributed by atoms with Crippen molar-refractivity contribution in [1.82, 2.24) is 9.21 Å². The number of hydrogen-bond acceptors (Lipinski definition) is 3. The van der Waals surface area contributed by atoms with Crippen LogP contribution < -0.4 is 0 Å². The summed E-state index contributed by atoms with van der Waals surface area (Å²) in [7, 11) is -4.32. The molecule has 0 aliphatic carbocycles. The first kappa shape index (κ1) is 17.2. The number of nitrogens with zero attached hydrogens (tertiary/aromatic N) is 2. The summed E-state index contributed by atoms with van der Waals surface area (Å²) in [4.78, 5) is 12.4. The maximum Gasteiger partial charge on any atom is 0.246 e. The topological polar surface area (TPSA) is 57.7 Å². The van der Waals surface area contributed by atoms with Crippen LogP contribution in [0.1, 0.15) is 19.8 Å². The van der Waals surface area contributed by atoms with E-state index in [2.05, 4.69) is 0 Å². The number of carbonyl (C=O) groups excluding carboxylic acids is 1. The molecule has 0 N–H and O–H groups in total. The number of rotatable bonds is 2. The van der Waals surface area contributed by atoms with Crippen LogP contribution in [0.15, 0.2) is 17.0 Å². The second kappa shape index (κ2) is 6.03. The van der Waals surface area contributed by atoms with Crippen LogP contribution in [-0.4, -0.2) is 49.2 Å². The summed E-state index contributed by atoms with van der Waals surface area (Å²) < 4.78 is 67.2. The SMILES string of the molecule is CC(=O)N1C[C@H]2CC[C@@H](C1)N(S(=O)(=O)c1ccc(F)c(F)c1F)C2. The minimum Gasteiger partial charge on any atom is -0.341 e. The molecule has 0 unspecified atom stereocenters. The second-order valence-corrected chi connectivity index (χ2v) is 8.13. The zero-order valence-corrected chi connectivity index (χ0v) is 13.8. The third kappa shape index (κ3) is 2.79. The standard InChI is InChI=1S/C15H17F3N2O3S/c1-9(21)19-6-10-2-3-11(8-19)20(7-10)24(22,23)13-5-4-12(16)14(17)15(13)18/h4-5,10-11H,2-3,6-8H2,1H3/t10-,11+/m1/s1. The molecule has 3 aliphatic rings. The first-order chi connectivity index (χ1) is 11.2. The molecule has 0 radical (unpaired) electrons. The van der Waals surface area contributed by atoms with Crippen LogP contribution in [0.25, 0.3) is 0 Å². The summed E-state index contributed by atoms with van der Waals surface area (Å²) in [6.45, 7) is 2.21. The predicted molar refractivity (Wildman–Crippen MR) is 79.0 cm³/mol. The average molecular weight is 362 g/mol. The van der Waals surface area contributed by atoms with Gasteiger partial charge in [0.1, 0.15) is 4.90 Å². The van der Waals surface area contributed by atoms with E-state index in [1.165, 1.54) is 6.92 Å². The van der Waals surface area contributed by atoms with E-state index < -0.39 is 38.4 Å². The van der Waals surface area contributed by atoms with Crippen LogP contribution in [0.4, 0.5) is 13.2 Å². The van der Waals surface area contributed by atoms with Crippen LogP contribution in [0, 0.1) is 23.4 Å². The Labute approximate surface area is 138 Å². The minimum atomic E-state index is -4.32. The highest BCUT2D eigenvalue weighted by molar-refractivity contribution is 7.89. The number of fused-ring (bicyclic) bond motifs is 4. The third-order valence-electron chi connectivity index (χ3n) is 4.69. The lowest BCUT2D eigenvalue weighted by Crippen LogP contribution is -2.47. The molecule has 132 valence electrons. The van der Waals surface area contributed by atoms with Gasteiger partial charge in [-0.2, -0.15) is 4.31 Å². The summed E-state index contributed by atoms with van der Waals surface area (Å²) in [5.41, 5.74) is 0. The molecule has 1 amide bonds. The molecule has 3 heterocycles. The van der Waals surface area contributed by atoms with Gasteiger partial charge < -0.3 is 4.90 Å². The lowest BCUT2D eigenvalue weighted by molar-refractivity contribution is -0.129. The van der Waals surface area contributed by atoms with Crippen molar-refractivity contribution in [2.45, 2.75) is 30.7 Å². The largest absolute Gasteiger partial charge is 0.341 e. The number of sulfonamides is 1.